The van der Waals surface area contributed by atoms with Crippen molar-refractivity contribution < 1.29 is 19.1 Å². The first kappa shape index (κ1) is 23.1. The van der Waals surface area contributed by atoms with E-state index >= 15 is 0 Å². The summed E-state index contributed by atoms with van der Waals surface area (Å²) in [6, 6.07) is 14.7. The predicted molar refractivity (Wildman–Crippen MR) is 132 cm³/mol. The third-order valence-electron chi connectivity index (χ3n) is 6.01. The lowest BCUT2D eigenvalue weighted by molar-refractivity contribution is -0.136. The molecule has 0 saturated carbocycles. The summed E-state index contributed by atoms with van der Waals surface area (Å²) in [5.74, 6) is 1.04. The summed E-state index contributed by atoms with van der Waals surface area (Å²) in [5, 5.41) is 0.464. The van der Waals surface area contributed by atoms with Crippen molar-refractivity contribution in [3.8, 4) is 11.6 Å². The Labute approximate surface area is 206 Å². The maximum atomic E-state index is 12.9. The summed E-state index contributed by atoms with van der Waals surface area (Å²) in [5.41, 5.74) is 2.15. The van der Waals surface area contributed by atoms with Gasteiger partial charge in [-0.15, -0.1) is 11.3 Å². The Kier molecular flexibility index (Phi) is 6.78. The molecule has 1 aliphatic heterocycles. The molecule has 0 bridgehead atoms. The number of aromatic nitrogens is 3. The molecule has 4 aromatic rings. The van der Waals surface area contributed by atoms with Crippen molar-refractivity contribution in [2.24, 2.45) is 0 Å². The van der Waals surface area contributed by atoms with Crippen LogP contribution in [0.3, 0.4) is 0 Å². The van der Waals surface area contributed by atoms with Gasteiger partial charge in [-0.3, -0.25) is 14.6 Å². The van der Waals surface area contributed by atoms with Gasteiger partial charge in [0.05, 0.1) is 10.2 Å². The Balaban J connectivity index is 1.27. The standard InChI is InChI=1S/C26H24N4O4S/c1-33-16-22(31)30-14-10-17(11-15-30)23-25(28-13-12-27-23)34-19-8-6-18(7-9-19)24(32)26-29-20-4-2-3-5-21(20)35-26/h2-9,12-13,17H,10-11,14-16H2,1H3. The van der Waals surface area contributed by atoms with Gasteiger partial charge in [0.15, 0.2) is 5.01 Å². The van der Waals surface area contributed by atoms with E-state index in [1.807, 2.05) is 29.2 Å². The molecule has 8 nitrogen and oxygen atoms in total. The molecule has 0 spiro atoms. The first-order valence-electron chi connectivity index (χ1n) is 11.4. The minimum Gasteiger partial charge on any atom is -0.437 e. The van der Waals surface area contributed by atoms with E-state index in [0.717, 1.165) is 28.8 Å². The third kappa shape index (κ3) is 5.06. The second-order valence-electron chi connectivity index (χ2n) is 8.28. The zero-order chi connectivity index (χ0) is 24.2. The number of fused-ring (bicyclic) bond motifs is 1. The number of carbonyl (C=O) groups is 2. The van der Waals surface area contributed by atoms with E-state index in [4.69, 9.17) is 9.47 Å². The largest absolute Gasteiger partial charge is 0.437 e. The Morgan fingerprint density at radius 1 is 1.03 bits per heavy atom. The van der Waals surface area contributed by atoms with E-state index < -0.39 is 0 Å². The van der Waals surface area contributed by atoms with Gasteiger partial charge in [0.2, 0.25) is 17.6 Å². The van der Waals surface area contributed by atoms with Crippen LogP contribution in [0.1, 0.15) is 39.8 Å². The van der Waals surface area contributed by atoms with Gasteiger partial charge in [0, 0.05) is 44.1 Å². The molecular weight excluding hydrogens is 464 g/mol. The Morgan fingerprint density at radius 3 is 2.51 bits per heavy atom. The van der Waals surface area contributed by atoms with Crippen LogP contribution in [-0.2, 0) is 9.53 Å². The number of rotatable bonds is 7. The summed E-state index contributed by atoms with van der Waals surface area (Å²) >= 11 is 1.39. The van der Waals surface area contributed by atoms with Crippen LogP contribution in [0.2, 0.25) is 0 Å². The molecular formula is C26H24N4O4S. The highest BCUT2D eigenvalue weighted by Crippen LogP contribution is 2.34. The molecule has 0 radical (unpaired) electrons. The van der Waals surface area contributed by atoms with E-state index in [1.54, 1.807) is 36.7 Å². The molecule has 1 saturated heterocycles. The van der Waals surface area contributed by atoms with Gasteiger partial charge in [-0.1, -0.05) is 12.1 Å². The molecule has 0 unspecified atom stereocenters. The summed E-state index contributed by atoms with van der Waals surface area (Å²) in [6.07, 6.45) is 4.81. The number of hydrogen-bond donors (Lipinski definition) is 0. The van der Waals surface area contributed by atoms with Crippen molar-refractivity contribution in [3.63, 3.8) is 0 Å². The third-order valence-corrected chi connectivity index (χ3v) is 7.05. The maximum absolute atomic E-state index is 12.9. The van der Waals surface area contributed by atoms with E-state index in [9.17, 15) is 9.59 Å². The van der Waals surface area contributed by atoms with Crippen LogP contribution in [0, 0.1) is 0 Å². The number of thiazole rings is 1. The highest BCUT2D eigenvalue weighted by Gasteiger charge is 2.27. The van der Waals surface area contributed by atoms with Crippen LogP contribution in [-0.4, -0.2) is 58.3 Å². The van der Waals surface area contributed by atoms with Crippen molar-refractivity contribution in [1.82, 2.24) is 19.9 Å². The smallest absolute Gasteiger partial charge is 0.248 e. The summed E-state index contributed by atoms with van der Waals surface area (Å²) in [7, 11) is 1.53. The summed E-state index contributed by atoms with van der Waals surface area (Å²) in [4.78, 5) is 40.2. The van der Waals surface area contributed by atoms with Crippen molar-refractivity contribution in [2.75, 3.05) is 26.8 Å². The van der Waals surface area contributed by atoms with E-state index in [2.05, 4.69) is 15.0 Å². The van der Waals surface area contributed by atoms with Gasteiger partial charge in [-0.05, 0) is 49.2 Å². The van der Waals surface area contributed by atoms with Gasteiger partial charge < -0.3 is 14.4 Å². The SMILES string of the molecule is COCC(=O)N1CCC(c2nccnc2Oc2ccc(C(=O)c3nc4ccccc4s3)cc2)CC1. The molecule has 35 heavy (non-hydrogen) atoms. The van der Waals surface area contributed by atoms with Crippen LogP contribution in [0.5, 0.6) is 11.6 Å². The van der Waals surface area contributed by atoms with Crippen LogP contribution in [0.15, 0.2) is 60.9 Å². The van der Waals surface area contributed by atoms with Crippen molar-refractivity contribution >= 4 is 33.2 Å². The number of hydrogen-bond acceptors (Lipinski definition) is 8. The number of nitrogens with zero attached hydrogens (tertiary/aromatic N) is 4. The fourth-order valence-electron chi connectivity index (χ4n) is 4.19. The molecule has 1 aliphatic rings. The van der Waals surface area contributed by atoms with E-state index in [1.165, 1.54) is 18.4 Å². The number of carbonyl (C=O) groups excluding carboxylic acids is 2. The minimum absolute atomic E-state index is 0.00190. The van der Waals surface area contributed by atoms with E-state index in [0.29, 0.717) is 35.3 Å². The Hall–Kier alpha value is -3.69. The number of ketones is 1. The summed E-state index contributed by atoms with van der Waals surface area (Å²) in [6.45, 7) is 1.39. The highest BCUT2D eigenvalue weighted by atomic mass is 32.1. The fourth-order valence-corrected chi connectivity index (χ4v) is 5.12. The topological polar surface area (TPSA) is 94.5 Å². The number of ether oxygens (including phenoxy) is 2. The van der Waals surface area contributed by atoms with Crippen LogP contribution >= 0.6 is 11.3 Å². The van der Waals surface area contributed by atoms with Gasteiger partial charge in [0.25, 0.3) is 0 Å². The molecule has 3 heterocycles. The van der Waals surface area contributed by atoms with Crippen LogP contribution in [0.25, 0.3) is 10.2 Å². The lowest BCUT2D eigenvalue weighted by Gasteiger charge is -2.31. The quantitative estimate of drug-likeness (QED) is 0.355. The van der Waals surface area contributed by atoms with Crippen LogP contribution in [0.4, 0.5) is 0 Å². The average molecular weight is 489 g/mol. The first-order valence-corrected chi connectivity index (χ1v) is 12.2. The van der Waals surface area contributed by atoms with Crippen molar-refractivity contribution in [1.29, 1.82) is 0 Å². The lowest BCUT2D eigenvalue weighted by atomic mass is 9.93. The lowest BCUT2D eigenvalue weighted by Crippen LogP contribution is -2.39. The molecule has 0 N–H and O–H groups in total. The molecule has 2 aromatic heterocycles. The molecule has 0 atom stereocenters. The Morgan fingerprint density at radius 2 is 1.77 bits per heavy atom. The average Bonchev–Trinajstić information content (AvgIpc) is 3.34. The predicted octanol–water partition coefficient (Wildman–Crippen LogP) is 4.46. The zero-order valence-electron chi connectivity index (χ0n) is 19.2. The number of benzene rings is 2. The van der Waals surface area contributed by atoms with Crippen molar-refractivity contribution in [2.45, 2.75) is 18.8 Å². The zero-order valence-corrected chi connectivity index (χ0v) is 20.0. The molecule has 178 valence electrons. The van der Waals surface area contributed by atoms with E-state index in [-0.39, 0.29) is 24.2 Å². The molecule has 9 heteroatoms. The second-order valence-corrected chi connectivity index (χ2v) is 9.31. The fraction of sp³-hybridized carbons (Fsp3) is 0.269. The number of para-hydroxylation sites is 1. The molecule has 1 amide bonds. The molecule has 5 rings (SSSR count). The van der Waals surface area contributed by atoms with Gasteiger partial charge >= 0.3 is 0 Å². The number of amides is 1. The monoisotopic (exact) mass is 488 g/mol. The first-order chi connectivity index (χ1) is 17.1. The second kappa shape index (κ2) is 10.3. The number of likely N-dealkylation sites (tertiary alicyclic amines) is 1. The van der Waals surface area contributed by atoms with Gasteiger partial charge in [-0.25, -0.2) is 9.97 Å². The van der Waals surface area contributed by atoms with Crippen LogP contribution < -0.4 is 4.74 Å². The number of piperidine rings is 1. The Bertz CT molecular complexity index is 1310. The molecule has 2 aromatic carbocycles. The molecule has 1 fully saturated rings. The van der Waals surface area contributed by atoms with Crippen molar-refractivity contribution in [3.05, 3.63) is 77.2 Å². The van der Waals surface area contributed by atoms with Gasteiger partial charge in [-0.2, -0.15) is 0 Å². The number of methoxy groups -OCH3 is 1. The maximum Gasteiger partial charge on any atom is 0.248 e. The summed E-state index contributed by atoms with van der Waals surface area (Å²) < 4.78 is 12.0. The minimum atomic E-state index is -0.118. The normalized spacial score (nSPS) is 14.3. The highest BCUT2D eigenvalue weighted by molar-refractivity contribution is 7.20. The van der Waals surface area contributed by atoms with Gasteiger partial charge in [0.1, 0.15) is 18.1 Å². The molecule has 0 aliphatic carbocycles.